The Hall–Kier alpha value is -5.32. The number of ketones is 2. The van der Waals surface area contributed by atoms with E-state index in [4.69, 9.17) is 15.2 Å². The number of aliphatic imine (C=N–C) groups is 1. The van der Waals surface area contributed by atoms with E-state index in [0.717, 1.165) is 152 Å². The van der Waals surface area contributed by atoms with Crippen molar-refractivity contribution in [2.75, 3.05) is 33.7 Å². The molecule has 0 amide bonds. The van der Waals surface area contributed by atoms with Crippen LogP contribution in [0.3, 0.4) is 0 Å². The first-order chi connectivity index (χ1) is 41.1. The summed E-state index contributed by atoms with van der Waals surface area (Å²) in [5, 5.41) is 39.0. The Labute approximate surface area is 503 Å². The Morgan fingerprint density at radius 1 is 0.965 bits per heavy atom. The summed E-state index contributed by atoms with van der Waals surface area (Å²) >= 11 is 0. The summed E-state index contributed by atoms with van der Waals surface area (Å²) in [7, 11) is 3.81. The van der Waals surface area contributed by atoms with Crippen LogP contribution in [-0.4, -0.2) is 109 Å². The highest BCUT2D eigenvalue weighted by Gasteiger charge is 2.86. The highest BCUT2D eigenvalue weighted by Crippen LogP contribution is 2.66. The molecule has 7 aliphatic heterocycles. The molecule has 2 saturated heterocycles. The van der Waals surface area contributed by atoms with Crippen molar-refractivity contribution in [3.63, 3.8) is 0 Å². The minimum atomic E-state index is -2.21. The molecule has 85 heavy (non-hydrogen) atoms. The van der Waals surface area contributed by atoms with Crippen LogP contribution < -0.4 is 43.0 Å². The fraction of sp³-hybridized carbons (Fsp3) is 0.657. The Bertz CT molecular complexity index is 3170. The number of likely N-dealkylation sites (N-methyl/N-ethyl adjacent to an activating group) is 1. The van der Waals surface area contributed by atoms with E-state index in [1.165, 1.54) is 27.9 Å². The average Bonchev–Trinajstić information content (AvgIpc) is 1.52. The maximum absolute atomic E-state index is 16.7. The quantitative estimate of drug-likeness (QED) is 0.0516. The Balaban J connectivity index is 0.924. The van der Waals surface area contributed by atoms with Crippen LogP contribution in [0, 0.1) is 46.3 Å². The van der Waals surface area contributed by atoms with Crippen LogP contribution in [-0.2, 0) is 20.7 Å². The first kappa shape index (κ1) is 57.4. The third kappa shape index (κ3) is 9.25. The number of hydrogen-bond donors (Lipinski definition) is 9. The number of aliphatic hydroxyl groups is 1. The first-order valence-electron chi connectivity index (χ1n) is 33.2. The molecular formula is C70H95N9O6. The highest BCUT2D eigenvalue weighted by atomic mass is 16.7. The first-order valence-corrected chi connectivity index (χ1v) is 33.2. The number of nitrogens with one attached hydrogen (secondary N) is 7. The number of Topliss-reactive ketones (excluding diaryl/α,β-unsaturated/α-hetero) is 2. The van der Waals surface area contributed by atoms with E-state index in [9.17, 15) is 5.11 Å². The van der Waals surface area contributed by atoms with Gasteiger partial charge in [-0.25, -0.2) is 4.79 Å². The number of benzene rings is 1. The molecule has 13 aliphatic rings. The van der Waals surface area contributed by atoms with Gasteiger partial charge in [-0.05, 0) is 198 Å². The van der Waals surface area contributed by atoms with Crippen molar-refractivity contribution >= 4 is 23.5 Å². The number of guanidine groups is 1. The van der Waals surface area contributed by atoms with E-state index >= 15 is 14.4 Å². The monoisotopic (exact) mass is 1160 g/mol. The van der Waals surface area contributed by atoms with Crippen molar-refractivity contribution in [3.05, 3.63) is 117 Å². The Morgan fingerprint density at radius 2 is 1.81 bits per heavy atom. The summed E-state index contributed by atoms with van der Waals surface area (Å²) in [6.07, 6.45) is 33.4. The van der Waals surface area contributed by atoms with E-state index in [1.54, 1.807) is 6.07 Å². The van der Waals surface area contributed by atoms with E-state index in [-0.39, 0.29) is 65.0 Å². The Morgan fingerprint density at radius 3 is 2.64 bits per heavy atom. The van der Waals surface area contributed by atoms with Gasteiger partial charge in [-0.2, -0.15) is 0 Å². The van der Waals surface area contributed by atoms with Crippen LogP contribution >= 0.6 is 0 Å². The lowest BCUT2D eigenvalue weighted by Gasteiger charge is -2.63. The molecule has 15 unspecified atom stereocenters. The predicted molar refractivity (Wildman–Crippen MR) is 331 cm³/mol. The number of nitrogens with zero attached hydrogens (tertiary/aromatic N) is 1. The fourth-order valence-corrected chi connectivity index (χ4v) is 20.4. The van der Waals surface area contributed by atoms with E-state index in [2.05, 4.69) is 106 Å². The van der Waals surface area contributed by atoms with Gasteiger partial charge >= 0.3 is 5.97 Å². The zero-order valence-corrected chi connectivity index (χ0v) is 51.2. The third-order valence-electron chi connectivity index (χ3n) is 24.3. The topological polar surface area (TPSA) is 216 Å². The number of rotatable bonds is 8. The van der Waals surface area contributed by atoms with Gasteiger partial charge in [-0.15, -0.1) is 0 Å². The van der Waals surface area contributed by atoms with Gasteiger partial charge in [-0.3, -0.25) is 14.6 Å². The van der Waals surface area contributed by atoms with Gasteiger partial charge in [0.1, 0.15) is 11.9 Å². The van der Waals surface area contributed by atoms with Gasteiger partial charge in [0.25, 0.3) is 5.60 Å². The minimum absolute atomic E-state index is 0.0217. The van der Waals surface area contributed by atoms with E-state index < -0.39 is 46.2 Å². The summed E-state index contributed by atoms with van der Waals surface area (Å²) in [6.45, 7) is 8.85. The number of ether oxygens (including phenoxy) is 2. The molecule has 7 heterocycles. The zero-order valence-electron chi connectivity index (χ0n) is 51.2. The normalized spacial score (nSPS) is 41.3. The third-order valence-corrected chi connectivity index (χ3v) is 24.3. The van der Waals surface area contributed by atoms with E-state index in [1.807, 2.05) is 26.2 Å². The molecule has 1 aromatic carbocycles. The maximum Gasteiger partial charge on any atom is 0.350 e. The summed E-state index contributed by atoms with van der Waals surface area (Å²) in [4.78, 5) is 54.0. The molecule has 15 nitrogen and oxygen atoms in total. The summed E-state index contributed by atoms with van der Waals surface area (Å²) in [5.41, 5.74) is 9.99. The number of allylic oxidation sites excluding steroid dienone is 5. The SMILES string of the molecule is CCNC12C=C3C=CCC4CCCCC5(C)CC6=CNC(N)C(=C6)CCC6C(C1)C(CC(O)C61CCCC1)C(OC(=O)C16OC1(CC=C(C)CC1(C7=CCNC8=C7CCC(NC)N8)CCCNC(=NC)N1)C(=O)c1cccc(c1C6=O)C5)C2CC34. The van der Waals surface area contributed by atoms with Gasteiger partial charge in [0.2, 0.25) is 5.78 Å². The standard InChI is InChI=1S/C70H95N9O6/c1-6-77-68-38-45-16-11-15-43-14-7-8-25-65(3)36-42-32-44(61(71)76-40-42)19-21-52-51(39-68)50(34-55(80)66(52)26-9-10-27-66)58(54(68)33-49(43)45)84-63(83)70-60(82)57-46(37-65)17-12-18-48(57)59(81)69(70,85-70)29-23-41(2)35-67(28-13-30-75-64(73-5)79-67)53-24-31-74-62-47(53)20-22-56(72-4)78-62/h11-12,16-18,23-24,32,38,40,43,49-52,54-56,58,61,72,74,76-78,80H,6-10,13-15,19-22,25-31,33-37,39,71H2,1-5H3,(H2,73,75,79). The molecule has 14 rings (SSSR count). The van der Waals surface area contributed by atoms with Gasteiger partial charge in [-0.1, -0.05) is 99.8 Å². The molecule has 5 fully saturated rings. The van der Waals surface area contributed by atoms with Crippen LogP contribution in [0.25, 0.3) is 0 Å². The molecule has 0 radical (unpaired) electrons. The second-order valence-corrected chi connectivity index (χ2v) is 29.0. The van der Waals surface area contributed by atoms with Crippen LogP contribution in [0.1, 0.15) is 182 Å². The number of hydrogen-bond acceptors (Lipinski definition) is 13. The maximum atomic E-state index is 16.7. The average molecular weight is 1160 g/mol. The number of carbonyl (C=O) groups excluding carboxylic acids is 3. The molecular weight excluding hydrogens is 1060 g/mol. The number of epoxide rings is 1. The lowest BCUT2D eigenvalue weighted by atomic mass is 9.45. The molecule has 11 bridgehead atoms. The molecule has 1 aromatic rings. The minimum Gasteiger partial charge on any atom is -0.459 e. The van der Waals surface area contributed by atoms with Gasteiger partial charge in [0.05, 0.1) is 24.0 Å². The lowest BCUT2D eigenvalue weighted by molar-refractivity contribution is -0.197. The molecule has 6 aliphatic carbocycles. The largest absolute Gasteiger partial charge is 0.459 e. The lowest BCUT2D eigenvalue weighted by Crippen LogP contribution is -2.68. The van der Waals surface area contributed by atoms with E-state index in [0.29, 0.717) is 42.9 Å². The molecule has 15 heteroatoms. The zero-order chi connectivity index (χ0) is 58.7. The van der Waals surface area contributed by atoms with Gasteiger partial charge in [0.15, 0.2) is 17.3 Å². The number of fused-ring (bicyclic) bond motifs is 4. The van der Waals surface area contributed by atoms with Crippen molar-refractivity contribution < 1.29 is 29.0 Å². The number of carbonyl (C=O) groups is 3. The molecule has 2 spiro atoms. The summed E-state index contributed by atoms with van der Waals surface area (Å²) in [5.74, 6) is 0.813. The van der Waals surface area contributed by atoms with Crippen molar-refractivity contribution in [2.45, 2.75) is 209 Å². The highest BCUT2D eigenvalue weighted by molar-refractivity contribution is 6.33. The number of dihydropyridines is 2. The van der Waals surface area contributed by atoms with Crippen LogP contribution in [0.2, 0.25) is 0 Å². The predicted octanol–water partition coefficient (Wildman–Crippen LogP) is 8.65. The summed E-state index contributed by atoms with van der Waals surface area (Å²) < 4.78 is 14.5. The number of esters is 1. The van der Waals surface area contributed by atoms with Crippen molar-refractivity contribution in [2.24, 2.45) is 57.1 Å². The van der Waals surface area contributed by atoms with Gasteiger partial charge < -0.3 is 57.5 Å². The fourth-order valence-electron chi connectivity index (χ4n) is 20.4. The Kier molecular flexibility index (Phi) is 14.7. The smallest absolute Gasteiger partial charge is 0.350 e. The summed E-state index contributed by atoms with van der Waals surface area (Å²) in [6, 6.07) is 5.73. The van der Waals surface area contributed by atoms with Crippen LogP contribution in [0.15, 0.2) is 105 Å². The second-order valence-electron chi connectivity index (χ2n) is 29.0. The molecule has 10 N–H and O–H groups in total. The van der Waals surface area contributed by atoms with Crippen molar-refractivity contribution in [3.8, 4) is 0 Å². The van der Waals surface area contributed by atoms with Gasteiger partial charge in [0, 0.05) is 61.3 Å². The molecule has 0 aromatic heterocycles. The second kappa shape index (κ2) is 21.8. The molecule has 3 saturated carbocycles. The number of nitrogens with two attached hydrogens (primary N) is 1. The van der Waals surface area contributed by atoms with Crippen molar-refractivity contribution in [1.29, 1.82) is 0 Å². The molecule has 456 valence electrons. The van der Waals surface area contributed by atoms with Crippen LogP contribution in [0.5, 0.6) is 0 Å². The van der Waals surface area contributed by atoms with Crippen molar-refractivity contribution in [1.82, 2.24) is 37.2 Å². The molecule has 15 atom stereocenters. The number of aliphatic hydroxyl groups excluding tert-OH is 1. The van der Waals surface area contributed by atoms with Crippen LogP contribution in [0.4, 0.5) is 0 Å².